The molecule has 2 rings (SSSR count). The number of hydrogen-bond acceptors (Lipinski definition) is 6. The zero-order chi connectivity index (χ0) is 18.3. The van der Waals surface area contributed by atoms with Crippen molar-refractivity contribution in [3.05, 3.63) is 54.3 Å². The van der Waals surface area contributed by atoms with Crippen LogP contribution >= 0.6 is 0 Å². The van der Waals surface area contributed by atoms with Crippen molar-refractivity contribution in [1.29, 1.82) is 0 Å². The molecule has 2 aromatic rings. The molecule has 9 heteroatoms. The molecular formula is C16H16FNO6S. The lowest BCUT2D eigenvalue weighted by Gasteiger charge is -2.09. The summed E-state index contributed by atoms with van der Waals surface area (Å²) in [5, 5.41) is 4.98. The quantitative estimate of drug-likeness (QED) is 0.558. The third kappa shape index (κ3) is 6.40. The Labute approximate surface area is 144 Å². The van der Waals surface area contributed by atoms with Crippen molar-refractivity contribution in [3.63, 3.8) is 0 Å². The van der Waals surface area contributed by atoms with Gasteiger partial charge in [0.2, 0.25) is 10.0 Å². The number of hydrogen-bond donors (Lipinski definition) is 1. The molecule has 0 fully saturated rings. The zero-order valence-corrected chi connectivity index (χ0v) is 13.9. The Morgan fingerprint density at radius 2 is 1.72 bits per heavy atom. The van der Waals surface area contributed by atoms with Crippen LogP contribution in [0.3, 0.4) is 0 Å². The molecule has 0 radical (unpaired) electrons. The topological polar surface area (TPSA) is 105 Å². The largest absolute Gasteiger partial charge is 0.490 e. The lowest BCUT2D eigenvalue weighted by atomic mass is 10.3. The van der Waals surface area contributed by atoms with Crippen molar-refractivity contribution in [1.82, 2.24) is 0 Å². The van der Waals surface area contributed by atoms with E-state index in [2.05, 4.69) is 0 Å². The summed E-state index contributed by atoms with van der Waals surface area (Å²) in [4.78, 5) is 11.5. The molecule has 0 saturated heterocycles. The molecule has 0 aliphatic carbocycles. The molecule has 0 amide bonds. The Kier molecular flexibility index (Phi) is 6.31. The maximum atomic E-state index is 12.9. The zero-order valence-electron chi connectivity index (χ0n) is 13.1. The predicted molar refractivity (Wildman–Crippen MR) is 86.2 cm³/mol. The molecule has 0 atom stereocenters. The first-order valence-corrected chi connectivity index (χ1v) is 8.69. The highest BCUT2D eigenvalue weighted by molar-refractivity contribution is 7.89. The first kappa shape index (κ1) is 18.7. The van der Waals surface area contributed by atoms with Crippen molar-refractivity contribution in [2.45, 2.75) is 4.90 Å². The van der Waals surface area contributed by atoms with Crippen molar-refractivity contribution in [2.24, 2.45) is 5.14 Å². The number of primary sulfonamides is 1. The number of ether oxygens (including phenoxy) is 3. The van der Waals surface area contributed by atoms with E-state index in [4.69, 9.17) is 19.3 Å². The second-order valence-electron chi connectivity index (χ2n) is 4.83. The number of rotatable bonds is 8. The van der Waals surface area contributed by atoms with E-state index in [1.165, 1.54) is 42.5 Å². The summed E-state index contributed by atoms with van der Waals surface area (Å²) >= 11 is 0. The van der Waals surface area contributed by atoms with Gasteiger partial charge in [-0.15, -0.1) is 0 Å². The van der Waals surface area contributed by atoms with E-state index < -0.39 is 21.8 Å². The molecule has 0 heterocycles. The van der Waals surface area contributed by atoms with Crippen LogP contribution < -0.4 is 14.6 Å². The van der Waals surface area contributed by atoms with Gasteiger partial charge < -0.3 is 14.2 Å². The molecule has 0 spiro atoms. The Hall–Kier alpha value is -2.65. The Morgan fingerprint density at radius 3 is 2.36 bits per heavy atom. The van der Waals surface area contributed by atoms with Crippen LogP contribution in [0.25, 0.3) is 0 Å². The normalized spacial score (nSPS) is 11.0. The highest BCUT2D eigenvalue weighted by Gasteiger charge is 2.08. The van der Waals surface area contributed by atoms with Crippen LogP contribution in [0.15, 0.2) is 53.4 Å². The maximum absolute atomic E-state index is 12.9. The number of carbonyl (C=O) groups is 1. The van der Waals surface area contributed by atoms with Crippen molar-refractivity contribution in [2.75, 3.05) is 19.8 Å². The van der Waals surface area contributed by atoms with Gasteiger partial charge in [0.1, 0.15) is 30.5 Å². The van der Waals surface area contributed by atoms with E-state index >= 15 is 0 Å². The maximum Gasteiger partial charge on any atom is 0.344 e. The molecule has 0 unspecified atom stereocenters. The number of halogens is 1. The molecule has 134 valence electrons. The van der Waals surface area contributed by atoms with Crippen LogP contribution in [0, 0.1) is 5.82 Å². The summed E-state index contributed by atoms with van der Waals surface area (Å²) < 4.78 is 50.4. The first-order chi connectivity index (χ1) is 11.8. The molecular weight excluding hydrogens is 353 g/mol. The van der Waals surface area contributed by atoms with Gasteiger partial charge in [-0.25, -0.2) is 22.7 Å². The van der Waals surface area contributed by atoms with Gasteiger partial charge in [0.25, 0.3) is 0 Å². The first-order valence-electron chi connectivity index (χ1n) is 7.14. The Balaban J connectivity index is 1.67. The number of benzene rings is 2. The number of esters is 1. The SMILES string of the molecule is NS(=O)(=O)c1ccc(OCCOC(=O)COc2cccc(F)c2)cc1. The molecule has 25 heavy (non-hydrogen) atoms. The van der Waals surface area contributed by atoms with Crippen LogP contribution in [-0.4, -0.2) is 34.2 Å². The summed E-state index contributed by atoms with van der Waals surface area (Å²) in [5.74, 6) is -0.465. The standard InChI is InChI=1S/C16H16FNO6S/c17-12-2-1-3-14(10-12)24-11-16(19)23-9-8-22-13-4-6-15(7-5-13)25(18,20)21/h1-7,10H,8-9,11H2,(H2,18,20,21). The van der Waals surface area contributed by atoms with Crippen LogP contribution in [0.5, 0.6) is 11.5 Å². The number of sulfonamides is 1. The molecule has 2 aromatic carbocycles. The monoisotopic (exact) mass is 369 g/mol. The molecule has 0 bridgehead atoms. The Bertz CT molecular complexity index is 823. The average Bonchev–Trinajstić information content (AvgIpc) is 2.57. The minimum atomic E-state index is -3.75. The highest BCUT2D eigenvalue weighted by atomic mass is 32.2. The van der Waals surface area contributed by atoms with Crippen molar-refractivity contribution >= 4 is 16.0 Å². The molecule has 0 saturated carbocycles. The van der Waals surface area contributed by atoms with E-state index in [9.17, 15) is 17.6 Å². The van der Waals surface area contributed by atoms with Gasteiger partial charge in [-0.2, -0.15) is 0 Å². The second-order valence-corrected chi connectivity index (χ2v) is 6.39. The lowest BCUT2D eigenvalue weighted by Crippen LogP contribution is -2.18. The summed E-state index contributed by atoms with van der Waals surface area (Å²) in [6, 6.07) is 10.9. The smallest absolute Gasteiger partial charge is 0.344 e. The van der Waals surface area contributed by atoms with E-state index in [1.54, 1.807) is 0 Å². The third-order valence-electron chi connectivity index (χ3n) is 2.92. The fourth-order valence-electron chi connectivity index (χ4n) is 1.78. The fourth-order valence-corrected chi connectivity index (χ4v) is 2.30. The van der Waals surface area contributed by atoms with Gasteiger partial charge in [-0.05, 0) is 36.4 Å². The van der Waals surface area contributed by atoms with Crippen molar-refractivity contribution in [3.8, 4) is 11.5 Å². The third-order valence-corrected chi connectivity index (χ3v) is 3.85. The molecule has 7 nitrogen and oxygen atoms in total. The van der Waals surface area contributed by atoms with Crippen LogP contribution in [0.2, 0.25) is 0 Å². The summed E-state index contributed by atoms with van der Waals surface area (Å²) in [7, 11) is -3.75. The molecule has 2 N–H and O–H groups in total. The van der Waals surface area contributed by atoms with E-state index in [1.807, 2.05) is 0 Å². The van der Waals surface area contributed by atoms with Gasteiger partial charge in [-0.1, -0.05) is 6.07 Å². The fraction of sp³-hybridized carbons (Fsp3) is 0.188. The summed E-state index contributed by atoms with van der Waals surface area (Å²) in [5.41, 5.74) is 0. The van der Waals surface area contributed by atoms with Crippen LogP contribution in [0.4, 0.5) is 4.39 Å². The molecule has 0 aromatic heterocycles. The number of carbonyl (C=O) groups excluding carboxylic acids is 1. The van der Waals surface area contributed by atoms with Gasteiger partial charge in [0.15, 0.2) is 6.61 Å². The minimum Gasteiger partial charge on any atom is -0.490 e. The average molecular weight is 369 g/mol. The highest BCUT2D eigenvalue weighted by Crippen LogP contribution is 2.15. The lowest BCUT2D eigenvalue weighted by molar-refractivity contribution is -0.146. The second kappa shape index (κ2) is 8.45. The van der Waals surface area contributed by atoms with Gasteiger partial charge in [0.05, 0.1) is 4.90 Å². The predicted octanol–water partition coefficient (Wildman–Crippen LogP) is 1.47. The van der Waals surface area contributed by atoms with Crippen LogP contribution in [0.1, 0.15) is 0 Å². The van der Waals surface area contributed by atoms with Gasteiger partial charge in [0, 0.05) is 6.07 Å². The van der Waals surface area contributed by atoms with E-state index in [0.29, 0.717) is 5.75 Å². The van der Waals surface area contributed by atoms with Crippen LogP contribution in [-0.2, 0) is 19.6 Å². The van der Waals surface area contributed by atoms with Crippen molar-refractivity contribution < 1.29 is 31.8 Å². The van der Waals surface area contributed by atoms with E-state index in [-0.39, 0.29) is 30.5 Å². The van der Waals surface area contributed by atoms with E-state index in [0.717, 1.165) is 6.07 Å². The van der Waals surface area contributed by atoms with Gasteiger partial charge in [-0.3, -0.25) is 0 Å². The Morgan fingerprint density at radius 1 is 1.00 bits per heavy atom. The summed E-state index contributed by atoms with van der Waals surface area (Å²) in [6.07, 6.45) is 0. The molecule has 0 aliphatic heterocycles. The number of nitrogens with two attached hydrogens (primary N) is 1. The van der Waals surface area contributed by atoms with Gasteiger partial charge >= 0.3 is 5.97 Å². The summed E-state index contributed by atoms with van der Waals surface area (Å²) in [6.45, 7) is -0.310. The minimum absolute atomic E-state index is 0.0255. The molecule has 0 aliphatic rings.